The van der Waals surface area contributed by atoms with Gasteiger partial charge in [0.05, 0.1) is 67.3 Å². The van der Waals surface area contributed by atoms with E-state index in [4.69, 9.17) is 29.9 Å². The van der Waals surface area contributed by atoms with Crippen LogP contribution in [0, 0.1) is 0 Å². The lowest BCUT2D eigenvalue weighted by atomic mass is 10.0. The summed E-state index contributed by atoms with van der Waals surface area (Å²) in [5.41, 5.74) is 23.4. The Morgan fingerprint density at radius 1 is 0.175 bits per heavy atom. The summed E-state index contributed by atoms with van der Waals surface area (Å²) in [5, 5.41) is 7.37. The zero-order valence-corrected chi connectivity index (χ0v) is 65.8. The van der Waals surface area contributed by atoms with Crippen LogP contribution >= 0.6 is 47.8 Å². The molecule has 0 saturated carbocycles. The van der Waals surface area contributed by atoms with Gasteiger partial charge in [0.1, 0.15) is 0 Å². The van der Waals surface area contributed by atoms with Crippen molar-refractivity contribution < 1.29 is 0 Å². The zero-order valence-electron chi connectivity index (χ0n) is 61.0. The maximum absolute atomic E-state index is 5.03. The minimum atomic E-state index is 0.640. The molecule has 14 heteroatoms. The average molecular weight is 1660 g/mol. The fourth-order valence-electron chi connectivity index (χ4n) is 15.1. The summed E-state index contributed by atoms with van der Waals surface area (Å²) in [4.78, 5) is 38.7. The van der Waals surface area contributed by atoms with E-state index in [9.17, 15) is 0 Å². The minimum Gasteiger partial charge on any atom is -0.309 e. The topological polar surface area (TPSA) is 118 Å². The van der Waals surface area contributed by atoms with Crippen molar-refractivity contribution in [2.24, 2.45) is 0 Å². The normalized spacial score (nSPS) is 11.3. The third kappa shape index (κ3) is 14.1. The van der Waals surface area contributed by atoms with Gasteiger partial charge >= 0.3 is 0 Å². The molecule has 0 amide bonds. The van der Waals surface area contributed by atoms with Crippen molar-refractivity contribution in [1.29, 1.82) is 0 Å². The summed E-state index contributed by atoms with van der Waals surface area (Å²) < 4.78 is 10.1. The van der Waals surface area contributed by atoms with Gasteiger partial charge in [-0.2, -0.15) is 0 Å². The van der Waals surface area contributed by atoms with E-state index in [1.807, 2.05) is 133 Å². The second-order valence-electron chi connectivity index (χ2n) is 27.5. The Morgan fingerprint density at radius 2 is 0.491 bits per heavy atom. The largest absolute Gasteiger partial charge is 0.309 e. The van der Waals surface area contributed by atoms with E-state index in [-0.39, 0.29) is 0 Å². The van der Waals surface area contributed by atoms with Gasteiger partial charge in [0.25, 0.3) is 0 Å². The molecule has 540 valence electrons. The molecule has 8 heterocycles. The Labute approximate surface area is 682 Å². The van der Waals surface area contributed by atoms with Crippen molar-refractivity contribution in [3.8, 4) is 119 Å². The average Bonchev–Trinajstić information content (AvgIpc) is 1.53. The van der Waals surface area contributed by atoms with Crippen LogP contribution in [-0.4, -0.2) is 53.6 Å². The molecule has 11 nitrogen and oxygen atoms in total. The first-order chi connectivity index (χ1) is 56.2. The molecule has 0 radical (unpaired) electrons. The van der Waals surface area contributed by atoms with Crippen LogP contribution in [0.15, 0.2) is 402 Å². The van der Waals surface area contributed by atoms with Gasteiger partial charge in [-0.1, -0.05) is 290 Å². The van der Waals surface area contributed by atoms with Crippen LogP contribution in [0.5, 0.6) is 0 Å². The van der Waals surface area contributed by atoms with E-state index >= 15 is 0 Å². The Hall–Kier alpha value is -13.8. The van der Waals surface area contributed by atoms with Gasteiger partial charge in [0.15, 0.2) is 23.3 Å². The van der Waals surface area contributed by atoms with Gasteiger partial charge in [-0.15, -0.1) is 0 Å². The minimum absolute atomic E-state index is 0.640. The first kappa shape index (κ1) is 70.6. The molecule has 0 fully saturated rings. The highest BCUT2D eigenvalue weighted by atomic mass is 79.9. The van der Waals surface area contributed by atoms with E-state index in [2.05, 4.69) is 314 Å². The number of fused-ring (bicyclic) bond motifs is 9. The highest BCUT2D eigenvalue weighted by Gasteiger charge is 2.21. The van der Waals surface area contributed by atoms with Crippen LogP contribution in [0.4, 0.5) is 0 Å². The number of hydrogen-bond acceptors (Lipinski definition) is 8. The molecule has 0 saturated heterocycles. The van der Waals surface area contributed by atoms with E-state index in [0.29, 0.717) is 23.3 Å². The number of para-hydroxylation sites is 3. The summed E-state index contributed by atoms with van der Waals surface area (Å²) in [5.74, 6) is 2.66. The lowest BCUT2D eigenvalue weighted by molar-refractivity contribution is 1.07. The summed E-state index contributed by atoms with van der Waals surface area (Å²) in [7, 11) is 0. The van der Waals surface area contributed by atoms with Gasteiger partial charge in [-0.05, 0) is 145 Å². The molecular weight excluding hydrogens is 1590 g/mol. The Morgan fingerprint density at radius 3 is 0.904 bits per heavy atom. The number of rotatable bonds is 12. The maximum Gasteiger partial charge on any atom is 0.164 e. The molecule has 0 N–H and O–H groups in total. The second kappa shape index (κ2) is 31.2. The highest BCUT2D eigenvalue weighted by molar-refractivity contribution is 9.11. The number of aromatic nitrogens is 11. The predicted octanol–water partition coefficient (Wildman–Crippen LogP) is 26.8. The van der Waals surface area contributed by atoms with Crippen molar-refractivity contribution >= 4 is 113 Å². The summed E-state index contributed by atoms with van der Waals surface area (Å²) in [6.45, 7) is 0. The lowest BCUT2D eigenvalue weighted by Crippen LogP contribution is -2.01. The summed E-state index contributed by atoms with van der Waals surface area (Å²) in [6, 6.07) is 129. The zero-order chi connectivity index (χ0) is 76.4. The molecule has 0 atom stereocenters. The Balaban J connectivity index is 0.000000115. The van der Waals surface area contributed by atoms with Crippen LogP contribution in [0.1, 0.15) is 0 Å². The van der Waals surface area contributed by atoms with E-state index in [0.717, 1.165) is 131 Å². The predicted molar refractivity (Wildman–Crippen MR) is 477 cm³/mol. The monoisotopic (exact) mass is 1660 g/mol. The number of halogens is 3. The first-order valence-electron chi connectivity index (χ1n) is 37.3. The van der Waals surface area contributed by atoms with Gasteiger partial charge in [0.2, 0.25) is 0 Å². The summed E-state index contributed by atoms with van der Waals surface area (Å²) >= 11 is 11.0. The van der Waals surface area contributed by atoms with E-state index in [1.54, 1.807) is 12.4 Å². The quantitative estimate of drug-likeness (QED) is 0.119. The summed E-state index contributed by atoms with van der Waals surface area (Å²) in [6.07, 6.45) is 3.59. The lowest BCUT2D eigenvalue weighted by Gasteiger charge is -2.12. The number of hydrogen-bond donors (Lipinski definition) is 0. The SMILES string of the molecule is Brc1ccc2c3ccccc3n(-c3cccc(-c4cc(-c5ccccc5)nc(-c5ccccc5)n4)c3)c2c1.Brc1ccc2c3ccccc3n(-c3cccc(-c4cc(-c5ccccn5)nc(-c5ccccn5)c4)c3)c2c1.Brc1ccc2c3ccccc3n(-c3cccc(-c4nc(-c5ccccc5)nc(-c5ccccc5)n4)c3)c2c1. The van der Waals surface area contributed by atoms with Crippen LogP contribution in [-0.2, 0) is 0 Å². The molecular formula is C100H64Br3N11. The highest BCUT2D eigenvalue weighted by Crippen LogP contribution is 2.41. The van der Waals surface area contributed by atoms with Crippen LogP contribution in [0.25, 0.3) is 184 Å². The molecule has 21 aromatic rings. The number of pyridine rings is 3. The Kier molecular flexibility index (Phi) is 19.3. The number of nitrogens with zero attached hydrogens (tertiary/aromatic N) is 11. The van der Waals surface area contributed by atoms with Gasteiger partial charge in [-0.25, -0.2) is 29.9 Å². The van der Waals surface area contributed by atoms with Crippen molar-refractivity contribution in [1.82, 2.24) is 53.6 Å². The molecule has 114 heavy (non-hydrogen) atoms. The van der Waals surface area contributed by atoms with Crippen LogP contribution in [0.2, 0.25) is 0 Å². The van der Waals surface area contributed by atoms with Crippen molar-refractivity contribution in [3.05, 3.63) is 402 Å². The number of benzene rings is 13. The molecule has 0 aliphatic heterocycles. The molecule has 8 aromatic heterocycles. The molecule has 13 aromatic carbocycles. The van der Waals surface area contributed by atoms with E-state index in [1.165, 1.54) is 43.4 Å². The molecule has 0 bridgehead atoms. The van der Waals surface area contributed by atoms with Crippen LogP contribution < -0.4 is 0 Å². The van der Waals surface area contributed by atoms with Gasteiger partial charge < -0.3 is 13.7 Å². The fourth-order valence-corrected chi connectivity index (χ4v) is 16.1. The third-order valence-corrected chi connectivity index (χ3v) is 21.8. The third-order valence-electron chi connectivity index (χ3n) is 20.3. The van der Waals surface area contributed by atoms with Gasteiger partial charge in [0, 0.05) is 109 Å². The first-order valence-corrected chi connectivity index (χ1v) is 39.7. The maximum atomic E-state index is 5.03. The molecule has 0 unspecified atom stereocenters. The van der Waals surface area contributed by atoms with Gasteiger partial charge in [-0.3, -0.25) is 9.97 Å². The molecule has 0 spiro atoms. The van der Waals surface area contributed by atoms with Crippen molar-refractivity contribution in [2.45, 2.75) is 0 Å². The molecule has 0 aliphatic carbocycles. The Bertz CT molecular complexity index is 6290. The standard InChI is InChI=1S/C34H22BrN3.2C33H21BrN4/c35-26-18-19-29-28-16-7-8-17-32(28)38(33(29)21-26)27-15-9-14-25(20-27)31-22-30(23-10-3-1-4-11-23)36-34(37-31)24-12-5-2-6-13-24;34-25-18-19-28-27-16-7-8-17-29(27)38(30(28)21-25)26-15-9-14-24(20-26)33-36-31(22-10-3-1-4-11-22)35-32(37-33)23-12-5-2-6-13-23;34-24-14-15-27-26-10-1-2-13-32(26)38(33(27)21-24)25-9-7-8-22(18-25)23-19-30(28-11-3-5-16-35-28)37-31(20-23)29-12-4-6-17-36-29/h1-22H;2*1-21H. The smallest absolute Gasteiger partial charge is 0.164 e. The second-order valence-corrected chi connectivity index (χ2v) is 30.2. The molecule has 0 aliphatic rings. The van der Waals surface area contributed by atoms with E-state index < -0.39 is 0 Å². The van der Waals surface area contributed by atoms with Crippen molar-refractivity contribution in [3.63, 3.8) is 0 Å². The van der Waals surface area contributed by atoms with Crippen molar-refractivity contribution in [2.75, 3.05) is 0 Å². The molecule has 21 rings (SSSR count). The fraction of sp³-hybridized carbons (Fsp3) is 0. The van der Waals surface area contributed by atoms with Crippen LogP contribution in [0.3, 0.4) is 0 Å².